The van der Waals surface area contributed by atoms with Crippen LogP contribution in [0.2, 0.25) is 0 Å². The molecule has 1 fully saturated rings. The summed E-state index contributed by atoms with van der Waals surface area (Å²) in [4.78, 5) is 33.3. The van der Waals surface area contributed by atoms with Gasteiger partial charge in [-0.2, -0.15) is 0 Å². The minimum Gasteiger partial charge on any atom is -0.393 e. The first-order chi connectivity index (χ1) is 7.65. The first-order valence-corrected chi connectivity index (χ1v) is 5.60. The summed E-state index contributed by atoms with van der Waals surface area (Å²) in [7, 11) is 0. The largest absolute Gasteiger partial charge is 0.393 e. The minimum absolute atomic E-state index is 0.114. The number of cyclic esters (lactones) is 2. The summed E-state index contributed by atoms with van der Waals surface area (Å²) in [5, 5.41) is 0. The fourth-order valence-electron chi connectivity index (χ4n) is 1.52. The van der Waals surface area contributed by atoms with Gasteiger partial charge in [0.2, 0.25) is 0 Å². The zero-order valence-electron chi connectivity index (χ0n) is 9.40. The lowest BCUT2D eigenvalue weighted by Gasteiger charge is -1.97. The van der Waals surface area contributed by atoms with Gasteiger partial charge < -0.3 is 4.74 Å². The number of rotatable bonds is 6. The third kappa shape index (κ3) is 3.61. The fourth-order valence-corrected chi connectivity index (χ4v) is 1.52. The molecule has 0 amide bonds. The van der Waals surface area contributed by atoms with Crippen LogP contribution in [0, 0.1) is 5.92 Å². The van der Waals surface area contributed by atoms with Gasteiger partial charge in [-0.3, -0.25) is 14.4 Å². The van der Waals surface area contributed by atoms with Crippen molar-refractivity contribution < 1.29 is 19.1 Å². The number of carbonyl (C=O) groups is 3. The molecule has 1 unspecified atom stereocenters. The lowest BCUT2D eigenvalue weighted by atomic mass is 10.0. The molecule has 0 aliphatic carbocycles. The second kappa shape index (κ2) is 6.20. The Kier molecular flexibility index (Phi) is 4.89. The molecule has 1 atom stereocenters. The molecule has 0 aromatic carbocycles. The van der Waals surface area contributed by atoms with E-state index in [0.717, 1.165) is 25.7 Å². The molecule has 0 aromatic rings. The van der Waals surface area contributed by atoms with Crippen LogP contribution in [-0.4, -0.2) is 17.7 Å². The topological polar surface area (TPSA) is 60.4 Å². The van der Waals surface area contributed by atoms with Gasteiger partial charge in [0.15, 0.2) is 5.78 Å². The molecule has 0 saturated carbocycles. The van der Waals surface area contributed by atoms with E-state index in [1.54, 1.807) is 6.08 Å². The predicted molar refractivity (Wildman–Crippen MR) is 57.5 cm³/mol. The van der Waals surface area contributed by atoms with Gasteiger partial charge in [0.1, 0.15) is 5.92 Å². The Morgan fingerprint density at radius 1 is 1.44 bits per heavy atom. The summed E-state index contributed by atoms with van der Waals surface area (Å²) >= 11 is 0. The fraction of sp³-hybridized carbons (Fsp3) is 0.583. The van der Waals surface area contributed by atoms with Crippen LogP contribution in [0.5, 0.6) is 0 Å². The second-order valence-electron chi connectivity index (χ2n) is 3.85. The Balaban J connectivity index is 2.35. The van der Waals surface area contributed by atoms with Crippen LogP contribution in [0.3, 0.4) is 0 Å². The van der Waals surface area contributed by atoms with Crippen LogP contribution in [0.1, 0.15) is 39.0 Å². The van der Waals surface area contributed by atoms with Gasteiger partial charge in [-0.15, -0.1) is 0 Å². The number of esters is 2. The Morgan fingerprint density at radius 3 is 2.75 bits per heavy atom. The van der Waals surface area contributed by atoms with Crippen molar-refractivity contribution in [1.82, 2.24) is 0 Å². The number of hydrogen-bond acceptors (Lipinski definition) is 4. The maximum absolute atomic E-state index is 11.5. The summed E-state index contributed by atoms with van der Waals surface area (Å²) < 4.78 is 4.31. The van der Waals surface area contributed by atoms with E-state index in [0.29, 0.717) is 0 Å². The predicted octanol–water partition coefficient (Wildman–Crippen LogP) is 1.78. The van der Waals surface area contributed by atoms with E-state index < -0.39 is 17.9 Å². The highest BCUT2D eigenvalue weighted by molar-refractivity contribution is 6.12. The molecule has 1 aliphatic heterocycles. The second-order valence-corrected chi connectivity index (χ2v) is 3.85. The van der Waals surface area contributed by atoms with E-state index in [1.165, 1.54) is 6.08 Å². The number of ether oxygens (including phenoxy) is 1. The van der Waals surface area contributed by atoms with Gasteiger partial charge in [-0.05, 0) is 18.9 Å². The molecule has 4 heteroatoms. The molecule has 88 valence electrons. The molecule has 1 rings (SSSR count). The van der Waals surface area contributed by atoms with Gasteiger partial charge in [-0.25, -0.2) is 0 Å². The quantitative estimate of drug-likeness (QED) is 0.298. The van der Waals surface area contributed by atoms with E-state index in [9.17, 15) is 14.4 Å². The van der Waals surface area contributed by atoms with Crippen molar-refractivity contribution in [3.8, 4) is 0 Å². The van der Waals surface area contributed by atoms with E-state index in [-0.39, 0.29) is 12.2 Å². The van der Waals surface area contributed by atoms with E-state index in [4.69, 9.17) is 0 Å². The van der Waals surface area contributed by atoms with Gasteiger partial charge in [-0.1, -0.05) is 25.8 Å². The van der Waals surface area contributed by atoms with Crippen LogP contribution >= 0.6 is 0 Å². The standard InChI is InChI=1S/C12H16O4/c1-2-3-4-5-6-7-10(13)9-8-11(14)16-12(9)15/h6-7,9H,2-5,8H2,1H3. The molecule has 0 N–H and O–H groups in total. The lowest BCUT2D eigenvalue weighted by Crippen LogP contribution is -2.16. The zero-order valence-corrected chi connectivity index (χ0v) is 9.40. The first kappa shape index (κ1) is 12.6. The smallest absolute Gasteiger partial charge is 0.325 e. The average molecular weight is 224 g/mol. The average Bonchev–Trinajstić information content (AvgIpc) is 2.57. The van der Waals surface area contributed by atoms with Crippen molar-refractivity contribution in [1.29, 1.82) is 0 Å². The van der Waals surface area contributed by atoms with Crippen LogP contribution < -0.4 is 0 Å². The first-order valence-electron chi connectivity index (χ1n) is 5.60. The summed E-state index contributed by atoms with van der Waals surface area (Å²) in [6, 6.07) is 0. The Morgan fingerprint density at radius 2 is 2.19 bits per heavy atom. The highest BCUT2D eigenvalue weighted by Gasteiger charge is 2.37. The van der Waals surface area contributed by atoms with Gasteiger partial charge in [0.25, 0.3) is 0 Å². The van der Waals surface area contributed by atoms with Crippen LogP contribution in [-0.2, 0) is 19.1 Å². The number of allylic oxidation sites excluding steroid dienone is 2. The molecule has 0 bridgehead atoms. The highest BCUT2D eigenvalue weighted by atomic mass is 16.6. The van der Waals surface area contributed by atoms with Crippen LogP contribution in [0.4, 0.5) is 0 Å². The molecule has 16 heavy (non-hydrogen) atoms. The molecule has 1 aliphatic rings. The maximum atomic E-state index is 11.5. The third-order valence-electron chi connectivity index (χ3n) is 2.47. The van der Waals surface area contributed by atoms with E-state index in [1.807, 2.05) is 0 Å². The van der Waals surface area contributed by atoms with Crippen molar-refractivity contribution >= 4 is 17.7 Å². The SMILES string of the molecule is CCCCCC=CC(=O)C1CC(=O)OC1=O. The lowest BCUT2D eigenvalue weighted by molar-refractivity contribution is -0.153. The molecule has 0 aromatic heterocycles. The van der Waals surface area contributed by atoms with Gasteiger partial charge >= 0.3 is 11.9 Å². The Labute approximate surface area is 94.7 Å². The van der Waals surface area contributed by atoms with E-state index in [2.05, 4.69) is 11.7 Å². The van der Waals surface area contributed by atoms with Crippen LogP contribution in [0.15, 0.2) is 12.2 Å². The number of carbonyl (C=O) groups excluding carboxylic acids is 3. The molecule has 1 heterocycles. The number of hydrogen-bond donors (Lipinski definition) is 0. The highest BCUT2D eigenvalue weighted by Crippen LogP contribution is 2.17. The maximum Gasteiger partial charge on any atom is 0.325 e. The Bertz CT molecular complexity index is 317. The normalized spacial score (nSPS) is 20.4. The molecule has 1 saturated heterocycles. The monoisotopic (exact) mass is 224 g/mol. The van der Waals surface area contributed by atoms with Crippen molar-refractivity contribution in [3.63, 3.8) is 0 Å². The summed E-state index contributed by atoms with van der Waals surface area (Å²) in [6.45, 7) is 2.11. The molecule has 0 radical (unpaired) electrons. The van der Waals surface area contributed by atoms with Crippen molar-refractivity contribution in [2.45, 2.75) is 39.0 Å². The molecular formula is C12H16O4. The van der Waals surface area contributed by atoms with Crippen molar-refractivity contribution in [2.24, 2.45) is 5.92 Å². The molecule has 0 spiro atoms. The number of unbranched alkanes of at least 4 members (excludes halogenated alkanes) is 3. The van der Waals surface area contributed by atoms with Gasteiger partial charge in [0, 0.05) is 0 Å². The van der Waals surface area contributed by atoms with E-state index >= 15 is 0 Å². The van der Waals surface area contributed by atoms with Crippen molar-refractivity contribution in [2.75, 3.05) is 0 Å². The zero-order chi connectivity index (χ0) is 12.0. The number of ketones is 1. The minimum atomic E-state index is -0.907. The molecular weight excluding hydrogens is 208 g/mol. The summed E-state index contributed by atoms with van der Waals surface area (Å²) in [6.07, 6.45) is 7.16. The summed E-state index contributed by atoms with van der Waals surface area (Å²) in [5.41, 5.74) is 0. The van der Waals surface area contributed by atoms with Gasteiger partial charge in [0.05, 0.1) is 6.42 Å². The summed E-state index contributed by atoms with van der Waals surface area (Å²) in [5.74, 6) is -2.56. The Hall–Kier alpha value is -1.45. The van der Waals surface area contributed by atoms with Crippen molar-refractivity contribution in [3.05, 3.63) is 12.2 Å². The third-order valence-corrected chi connectivity index (χ3v) is 2.47. The van der Waals surface area contributed by atoms with Crippen LogP contribution in [0.25, 0.3) is 0 Å². The molecule has 4 nitrogen and oxygen atoms in total.